The van der Waals surface area contributed by atoms with Crippen molar-refractivity contribution in [1.82, 2.24) is 0 Å². The number of aliphatic hydroxyl groups excluding tert-OH is 3. The highest BCUT2D eigenvalue weighted by atomic mass is 19.1. The summed E-state index contributed by atoms with van der Waals surface area (Å²) in [5, 5.41) is 37.7. The van der Waals surface area contributed by atoms with Crippen LogP contribution in [0.25, 0.3) is 0 Å². The van der Waals surface area contributed by atoms with Crippen LogP contribution in [0.3, 0.4) is 0 Å². The molecule has 1 saturated heterocycles. The van der Waals surface area contributed by atoms with E-state index in [0.29, 0.717) is 0 Å². The van der Waals surface area contributed by atoms with E-state index in [4.69, 9.17) is 9.84 Å². The highest BCUT2D eigenvalue weighted by molar-refractivity contribution is 5.89. The van der Waals surface area contributed by atoms with Gasteiger partial charge in [0, 0.05) is 0 Å². The lowest BCUT2D eigenvalue weighted by molar-refractivity contribution is -0.279. The summed E-state index contributed by atoms with van der Waals surface area (Å²) in [6.45, 7) is 0. The Hall–Kier alpha value is -2.07. The van der Waals surface area contributed by atoms with Gasteiger partial charge in [-0.25, -0.2) is 14.0 Å². The largest absolute Gasteiger partial charge is 0.479 e. The van der Waals surface area contributed by atoms with E-state index in [0.717, 1.165) is 12.1 Å². The molecular formula is C13H13FO8. The number of rotatable bonds is 3. The number of hydrogen-bond acceptors (Lipinski definition) is 7. The zero-order chi connectivity index (χ0) is 16.4. The average molecular weight is 316 g/mol. The summed E-state index contributed by atoms with van der Waals surface area (Å²) in [5.41, 5.74) is -0.447. The average Bonchev–Trinajstić information content (AvgIpc) is 2.47. The van der Waals surface area contributed by atoms with Crippen molar-refractivity contribution in [2.24, 2.45) is 0 Å². The zero-order valence-corrected chi connectivity index (χ0v) is 11.0. The molecule has 0 aromatic heterocycles. The van der Waals surface area contributed by atoms with Gasteiger partial charge in [0.2, 0.25) is 0 Å². The molecular weight excluding hydrogens is 303 g/mol. The Morgan fingerprint density at radius 2 is 1.77 bits per heavy atom. The lowest BCUT2D eigenvalue weighted by atomic mass is 9.99. The van der Waals surface area contributed by atoms with Crippen molar-refractivity contribution in [3.05, 3.63) is 35.6 Å². The molecule has 0 spiro atoms. The molecule has 0 aliphatic carbocycles. The summed E-state index contributed by atoms with van der Waals surface area (Å²) in [5.74, 6) is -3.69. The lowest BCUT2D eigenvalue weighted by Crippen LogP contribution is -2.60. The van der Waals surface area contributed by atoms with E-state index in [1.807, 2.05) is 0 Å². The van der Waals surface area contributed by atoms with Crippen molar-refractivity contribution in [2.75, 3.05) is 0 Å². The molecule has 0 bridgehead atoms. The molecule has 2 rings (SSSR count). The van der Waals surface area contributed by atoms with E-state index < -0.39 is 54.0 Å². The third kappa shape index (κ3) is 3.07. The van der Waals surface area contributed by atoms with Gasteiger partial charge in [0.1, 0.15) is 18.0 Å². The molecule has 4 N–H and O–H groups in total. The minimum Gasteiger partial charge on any atom is -0.479 e. The van der Waals surface area contributed by atoms with E-state index in [9.17, 15) is 29.3 Å². The molecule has 1 fully saturated rings. The van der Waals surface area contributed by atoms with E-state index in [2.05, 4.69) is 4.74 Å². The number of aliphatic carboxylic acids is 1. The molecule has 0 unspecified atom stereocenters. The van der Waals surface area contributed by atoms with Crippen LogP contribution in [0.15, 0.2) is 24.3 Å². The number of aliphatic hydroxyl groups is 3. The topological polar surface area (TPSA) is 134 Å². The molecule has 5 atom stereocenters. The van der Waals surface area contributed by atoms with E-state index in [1.165, 1.54) is 12.1 Å². The normalized spacial score (nSPS) is 31.5. The minimum absolute atomic E-state index is 0.447. The number of halogens is 1. The van der Waals surface area contributed by atoms with Crippen LogP contribution >= 0.6 is 0 Å². The van der Waals surface area contributed by atoms with Crippen molar-refractivity contribution < 1.29 is 43.9 Å². The molecule has 22 heavy (non-hydrogen) atoms. The van der Waals surface area contributed by atoms with Gasteiger partial charge in [0.15, 0.2) is 18.5 Å². The number of benzene rings is 1. The fraction of sp³-hybridized carbons (Fsp3) is 0.385. The molecule has 0 amide bonds. The van der Waals surface area contributed by atoms with Crippen LogP contribution in [-0.4, -0.2) is 63.1 Å². The quantitative estimate of drug-likeness (QED) is 0.515. The smallest absolute Gasteiger partial charge is 0.341 e. The van der Waals surface area contributed by atoms with Gasteiger partial charge in [-0.15, -0.1) is 0 Å². The van der Waals surface area contributed by atoms with Crippen molar-refractivity contribution in [1.29, 1.82) is 0 Å². The Morgan fingerprint density at radius 3 is 2.36 bits per heavy atom. The van der Waals surface area contributed by atoms with E-state index in [-0.39, 0.29) is 0 Å². The van der Waals surface area contributed by atoms with Crippen molar-refractivity contribution in [3.8, 4) is 0 Å². The van der Waals surface area contributed by atoms with Crippen molar-refractivity contribution in [3.63, 3.8) is 0 Å². The first-order valence-corrected chi connectivity index (χ1v) is 6.21. The third-order valence-electron chi connectivity index (χ3n) is 3.14. The Labute approximate surface area is 123 Å². The monoisotopic (exact) mass is 316 g/mol. The summed E-state index contributed by atoms with van der Waals surface area (Å²) >= 11 is 0. The fourth-order valence-electron chi connectivity index (χ4n) is 2.00. The van der Waals surface area contributed by atoms with Gasteiger partial charge in [0.25, 0.3) is 0 Å². The first-order chi connectivity index (χ1) is 10.3. The van der Waals surface area contributed by atoms with Crippen LogP contribution in [0.4, 0.5) is 4.39 Å². The molecule has 1 aromatic carbocycles. The van der Waals surface area contributed by atoms with E-state index >= 15 is 0 Å². The van der Waals surface area contributed by atoms with Crippen LogP contribution in [-0.2, 0) is 14.3 Å². The standard InChI is InChI=1S/C13H13FO8/c14-6-4-2-1-3-5(6)12(19)22-10-8(16)7(15)9(11(17)18)21-13(10)20/h1-4,7-10,13,15-16,20H,(H,17,18)/t7-,8-,9-,10+,13-/m0/s1. The summed E-state index contributed by atoms with van der Waals surface area (Å²) in [4.78, 5) is 22.6. The van der Waals surface area contributed by atoms with Gasteiger partial charge >= 0.3 is 11.9 Å². The fourth-order valence-corrected chi connectivity index (χ4v) is 2.00. The van der Waals surface area contributed by atoms with Crippen LogP contribution in [0.2, 0.25) is 0 Å². The van der Waals surface area contributed by atoms with Crippen LogP contribution in [0.5, 0.6) is 0 Å². The van der Waals surface area contributed by atoms with Crippen molar-refractivity contribution >= 4 is 11.9 Å². The Balaban J connectivity index is 2.14. The summed E-state index contributed by atoms with van der Waals surface area (Å²) in [6.07, 6.45) is -9.48. The highest BCUT2D eigenvalue weighted by Crippen LogP contribution is 2.24. The zero-order valence-electron chi connectivity index (χ0n) is 11.0. The minimum atomic E-state index is -1.99. The Morgan fingerprint density at radius 1 is 1.14 bits per heavy atom. The predicted octanol–water partition coefficient (Wildman–Crippen LogP) is -1.13. The van der Waals surface area contributed by atoms with E-state index in [1.54, 1.807) is 0 Å². The number of carboxylic acids is 1. The van der Waals surface area contributed by atoms with Crippen molar-refractivity contribution in [2.45, 2.75) is 30.7 Å². The van der Waals surface area contributed by atoms with Crippen LogP contribution in [0.1, 0.15) is 10.4 Å². The molecule has 9 heteroatoms. The summed E-state index contributed by atoms with van der Waals surface area (Å²) < 4.78 is 22.8. The third-order valence-corrected chi connectivity index (χ3v) is 3.14. The summed E-state index contributed by atoms with van der Waals surface area (Å²) in [6, 6.07) is 4.85. The SMILES string of the molecule is O=C(O[C@@H]1[C@@H](O)[C@H](O)[C@@H](C(=O)O)O[C@@H]1O)c1ccccc1F. The lowest BCUT2D eigenvalue weighted by Gasteiger charge is -2.38. The second-order valence-corrected chi connectivity index (χ2v) is 4.62. The second kappa shape index (κ2) is 6.36. The molecule has 0 saturated carbocycles. The second-order valence-electron chi connectivity index (χ2n) is 4.62. The van der Waals surface area contributed by atoms with Gasteiger partial charge < -0.3 is 29.9 Å². The van der Waals surface area contributed by atoms with Gasteiger partial charge in [-0.1, -0.05) is 12.1 Å². The van der Waals surface area contributed by atoms with Crippen LogP contribution < -0.4 is 0 Å². The molecule has 1 aliphatic heterocycles. The van der Waals surface area contributed by atoms with Gasteiger partial charge in [0.05, 0.1) is 5.56 Å². The molecule has 1 aliphatic rings. The highest BCUT2D eigenvalue weighted by Gasteiger charge is 2.49. The first kappa shape index (κ1) is 16.3. The number of esters is 1. The number of carboxylic acid groups (broad SMARTS) is 1. The van der Waals surface area contributed by atoms with Gasteiger partial charge in [-0.2, -0.15) is 0 Å². The predicted molar refractivity (Wildman–Crippen MR) is 66.1 cm³/mol. The maximum absolute atomic E-state index is 13.4. The molecule has 1 aromatic rings. The maximum atomic E-state index is 13.4. The molecule has 120 valence electrons. The van der Waals surface area contributed by atoms with Gasteiger partial charge in [-0.05, 0) is 12.1 Å². The first-order valence-electron chi connectivity index (χ1n) is 6.21. The van der Waals surface area contributed by atoms with Gasteiger partial charge in [-0.3, -0.25) is 0 Å². The number of carbonyl (C=O) groups excluding carboxylic acids is 1. The number of carbonyl (C=O) groups is 2. The molecule has 1 heterocycles. The molecule has 8 nitrogen and oxygen atoms in total. The van der Waals surface area contributed by atoms with Crippen LogP contribution in [0, 0.1) is 5.82 Å². The Kier molecular flexibility index (Phi) is 4.71. The number of hydrogen-bond donors (Lipinski definition) is 4. The number of ether oxygens (including phenoxy) is 2. The molecule has 0 radical (unpaired) electrons. The Bertz CT molecular complexity index is 577. The summed E-state index contributed by atoms with van der Waals surface area (Å²) in [7, 11) is 0. The maximum Gasteiger partial charge on any atom is 0.341 e.